The van der Waals surface area contributed by atoms with Crippen LogP contribution in [0.3, 0.4) is 0 Å². The minimum atomic E-state index is -4.30. The maximum absolute atomic E-state index is 13.9. The summed E-state index contributed by atoms with van der Waals surface area (Å²) >= 11 is 6.21. The first kappa shape index (κ1) is 27.9. The zero-order valence-electron chi connectivity index (χ0n) is 21.1. The monoisotopic (exact) mass is 548 g/mol. The Bertz CT molecular complexity index is 1360. The van der Waals surface area contributed by atoms with Gasteiger partial charge in [-0.3, -0.25) is 9.10 Å². The van der Waals surface area contributed by atoms with Crippen LogP contribution in [0, 0.1) is 0 Å². The zero-order chi connectivity index (χ0) is 27.2. The molecule has 0 spiro atoms. The number of nitrogens with one attached hydrogen (secondary N) is 1. The molecule has 3 aromatic carbocycles. The fraction of sp³-hybridized carbons (Fsp3) is 0.269. The van der Waals surface area contributed by atoms with Crippen molar-refractivity contribution >= 4 is 33.2 Å². The molecule has 0 saturated heterocycles. The number of anilines is 1. The van der Waals surface area contributed by atoms with E-state index in [-0.39, 0.29) is 27.1 Å². The third-order valence-corrected chi connectivity index (χ3v) is 7.61. The van der Waals surface area contributed by atoms with Gasteiger partial charge in [0.1, 0.15) is 18.0 Å². The lowest BCUT2D eigenvalue weighted by atomic mass is 10.1. The van der Waals surface area contributed by atoms with Crippen LogP contribution < -0.4 is 28.6 Å². The van der Waals surface area contributed by atoms with Crippen molar-refractivity contribution in [1.29, 1.82) is 0 Å². The van der Waals surface area contributed by atoms with Crippen LogP contribution in [0.25, 0.3) is 0 Å². The lowest BCUT2D eigenvalue weighted by Gasteiger charge is -2.27. The Labute approximate surface area is 221 Å². The molecule has 1 amide bonds. The minimum absolute atomic E-state index is 0.102. The first-order valence-electron chi connectivity index (χ1n) is 11.2. The van der Waals surface area contributed by atoms with Gasteiger partial charge in [-0.05, 0) is 43.3 Å². The summed E-state index contributed by atoms with van der Waals surface area (Å²) in [4.78, 5) is 13.1. The molecule has 1 N–H and O–H groups in total. The van der Waals surface area contributed by atoms with E-state index in [1.54, 1.807) is 19.1 Å². The average Bonchev–Trinajstić information content (AvgIpc) is 2.90. The lowest BCUT2D eigenvalue weighted by Crippen LogP contribution is -2.41. The Kier molecular flexibility index (Phi) is 9.12. The Morgan fingerprint density at radius 3 is 2.14 bits per heavy atom. The van der Waals surface area contributed by atoms with Crippen LogP contribution >= 0.6 is 11.6 Å². The van der Waals surface area contributed by atoms with E-state index in [1.807, 2.05) is 18.2 Å². The van der Waals surface area contributed by atoms with Crippen molar-refractivity contribution in [1.82, 2.24) is 5.32 Å². The summed E-state index contributed by atoms with van der Waals surface area (Å²) in [6.45, 7) is 1.23. The largest absolute Gasteiger partial charge is 0.496 e. The molecule has 3 aromatic rings. The highest BCUT2D eigenvalue weighted by Crippen LogP contribution is 2.37. The summed E-state index contributed by atoms with van der Waals surface area (Å²) in [6.07, 6.45) is 0. The molecular weight excluding hydrogens is 520 g/mol. The number of rotatable bonds is 11. The third kappa shape index (κ3) is 6.20. The van der Waals surface area contributed by atoms with Crippen molar-refractivity contribution < 1.29 is 32.2 Å². The quantitative estimate of drug-likeness (QED) is 0.377. The van der Waals surface area contributed by atoms with Gasteiger partial charge < -0.3 is 24.3 Å². The van der Waals surface area contributed by atoms with Crippen LogP contribution in [-0.2, 0) is 14.8 Å². The van der Waals surface area contributed by atoms with Gasteiger partial charge in [0.05, 0.1) is 45.1 Å². The molecule has 0 fully saturated rings. The minimum Gasteiger partial charge on any atom is -0.496 e. The number of halogens is 1. The van der Waals surface area contributed by atoms with E-state index in [9.17, 15) is 13.2 Å². The molecular formula is C26H29ClN2O7S. The second-order valence-corrected chi connectivity index (χ2v) is 10.2. The molecule has 0 radical (unpaired) electrons. The van der Waals surface area contributed by atoms with Gasteiger partial charge in [0.25, 0.3) is 10.0 Å². The standard InChI is InChI=1S/C26H29ClN2O7S/c1-17(20-8-6-7-9-22(20)33-2)28-26(30)16-29(21-14-18(27)10-12-23(21)34-3)37(31,32)19-11-13-24(35-4)25(15-19)36-5/h6-15,17H,16H2,1-5H3,(H,28,30)/t17-/m1/s1. The van der Waals surface area contributed by atoms with Crippen LogP contribution in [0.1, 0.15) is 18.5 Å². The molecule has 0 aliphatic carbocycles. The summed E-state index contributed by atoms with van der Waals surface area (Å²) in [5.74, 6) is 0.845. The molecule has 3 rings (SSSR count). The number of amides is 1. The number of carbonyl (C=O) groups is 1. The molecule has 9 nitrogen and oxygen atoms in total. The summed E-state index contributed by atoms with van der Waals surface area (Å²) in [6, 6.07) is 15.5. The molecule has 0 aliphatic rings. The predicted octanol–water partition coefficient (Wildman–Crippen LogP) is 4.45. The van der Waals surface area contributed by atoms with Crippen molar-refractivity contribution in [3.05, 3.63) is 71.2 Å². The van der Waals surface area contributed by atoms with E-state index in [0.29, 0.717) is 11.5 Å². The summed E-state index contributed by atoms with van der Waals surface area (Å²) < 4.78 is 50.0. The summed E-state index contributed by atoms with van der Waals surface area (Å²) in [5, 5.41) is 3.11. The predicted molar refractivity (Wildman–Crippen MR) is 142 cm³/mol. The normalized spacial score (nSPS) is 11.8. The van der Waals surface area contributed by atoms with Gasteiger partial charge in [0, 0.05) is 16.7 Å². The Morgan fingerprint density at radius 2 is 1.49 bits per heavy atom. The molecule has 37 heavy (non-hydrogen) atoms. The maximum atomic E-state index is 13.9. The number of benzene rings is 3. The van der Waals surface area contributed by atoms with E-state index in [2.05, 4.69) is 5.32 Å². The Morgan fingerprint density at radius 1 is 0.865 bits per heavy atom. The van der Waals surface area contributed by atoms with Crippen LogP contribution in [0.15, 0.2) is 65.6 Å². The van der Waals surface area contributed by atoms with Crippen molar-refractivity contribution in [3.63, 3.8) is 0 Å². The Balaban J connectivity index is 2.03. The van der Waals surface area contributed by atoms with Gasteiger partial charge in [-0.2, -0.15) is 0 Å². The SMILES string of the molecule is COc1ccc(S(=O)(=O)N(CC(=O)N[C@H](C)c2ccccc2OC)c2cc(Cl)ccc2OC)cc1OC. The number of hydrogen-bond acceptors (Lipinski definition) is 7. The molecule has 0 aromatic heterocycles. The fourth-order valence-corrected chi connectivity index (χ4v) is 5.39. The van der Waals surface area contributed by atoms with Crippen molar-refractivity contribution in [2.45, 2.75) is 17.9 Å². The third-order valence-electron chi connectivity index (χ3n) is 5.62. The van der Waals surface area contributed by atoms with Crippen molar-refractivity contribution in [3.8, 4) is 23.0 Å². The van der Waals surface area contributed by atoms with Crippen molar-refractivity contribution in [2.75, 3.05) is 39.3 Å². The van der Waals surface area contributed by atoms with Crippen LogP contribution in [0.5, 0.6) is 23.0 Å². The fourth-order valence-electron chi connectivity index (χ4n) is 3.78. The van der Waals surface area contributed by atoms with E-state index in [4.69, 9.17) is 30.5 Å². The smallest absolute Gasteiger partial charge is 0.265 e. The number of sulfonamides is 1. The number of methoxy groups -OCH3 is 4. The maximum Gasteiger partial charge on any atom is 0.265 e. The van der Waals surface area contributed by atoms with Crippen molar-refractivity contribution in [2.24, 2.45) is 0 Å². The molecule has 0 bridgehead atoms. The number of nitrogens with zero attached hydrogens (tertiary/aromatic N) is 1. The topological polar surface area (TPSA) is 103 Å². The summed E-state index contributed by atoms with van der Waals surface area (Å²) in [5.41, 5.74) is 0.845. The molecule has 11 heteroatoms. The number of carbonyl (C=O) groups excluding carboxylic acids is 1. The van der Waals surface area contributed by atoms with Gasteiger partial charge in [-0.1, -0.05) is 29.8 Å². The van der Waals surface area contributed by atoms with Crippen LogP contribution in [0.2, 0.25) is 5.02 Å². The van der Waals surface area contributed by atoms with Gasteiger partial charge in [0.15, 0.2) is 11.5 Å². The highest BCUT2D eigenvalue weighted by molar-refractivity contribution is 7.92. The first-order valence-corrected chi connectivity index (χ1v) is 13.0. The van der Waals surface area contributed by atoms with E-state index in [1.165, 1.54) is 58.8 Å². The van der Waals surface area contributed by atoms with Gasteiger partial charge >= 0.3 is 0 Å². The van der Waals surface area contributed by atoms with E-state index >= 15 is 0 Å². The van der Waals surface area contributed by atoms with Gasteiger partial charge in [-0.15, -0.1) is 0 Å². The van der Waals surface area contributed by atoms with Crippen LogP contribution in [-0.4, -0.2) is 49.3 Å². The molecule has 198 valence electrons. The number of ether oxygens (including phenoxy) is 4. The Hall–Kier alpha value is -3.63. The lowest BCUT2D eigenvalue weighted by molar-refractivity contribution is -0.120. The molecule has 0 saturated carbocycles. The molecule has 0 aliphatic heterocycles. The first-order chi connectivity index (χ1) is 17.7. The molecule has 1 atom stereocenters. The number of para-hydroxylation sites is 1. The summed E-state index contributed by atoms with van der Waals surface area (Å²) in [7, 11) is 1.49. The van der Waals surface area contributed by atoms with E-state index in [0.717, 1.165) is 9.87 Å². The zero-order valence-corrected chi connectivity index (χ0v) is 22.7. The second kappa shape index (κ2) is 12.1. The average molecular weight is 549 g/mol. The number of hydrogen-bond donors (Lipinski definition) is 1. The van der Waals surface area contributed by atoms with Crippen LogP contribution in [0.4, 0.5) is 5.69 Å². The highest BCUT2D eigenvalue weighted by Gasteiger charge is 2.31. The molecule has 0 heterocycles. The van der Waals surface area contributed by atoms with E-state index < -0.39 is 28.5 Å². The highest BCUT2D eigenvalue weighted by atomic mass is 35.5. The second-order valence-electron chi connectivity index (χ2n) is 7.88. The van der Waals surface area contributed by atoms with Gasteiger partial charge in [-0.25, -0.2) is 8.42 Å². The molecule has 0 unspecified atom stereocenters. The van der Waals surface area contributed by atoms with Gasteiger partial charge in [0.2, 0.25) is 5.91 Å².